The monoisotopic (exact) mass is 425 g/mol. The molecule has 0 spiro atoms. The first kappa shape index (κ1) is 19.6. The molecule has 2 aromatic heterocycles. The Morgan fingerprint density at radius 3 is 2.81 bits per heavy atom. The lowest BCUT2D eigenvalue weighted by molar-refractivity contribution is 0.155. The van der Waals surface area contributed by atoms with Gasteiger partial charge in [0.2, 0.25) is 0 Å². The van der Waals surface area contributed by atoms with E-state index in [1.807, 2.05) is 19.1 Å². The van der Waals surface area contributed by atoms with Crippen LogP contribution in [0.5, 0.6) is 5.75 Å². The number of phenols is 1. The van der Waals surface area contributed by atoms with E-state index in [-0.39, 0.29) is 29.2 Å². The van der Waals surface area contributed by atoms with Gasteiger partial charge in [0.25, 0.3) is 0 Å². The number of aromatic hydroxyl groups is 1. The van der Waals surface area contributed by atoms with E-state index in [2.05, 4.69) is 25.6 Å². The predicted octanol–water partition coefficient (Wildman–Crippen LogP) is 2.40. The number of nitrogens with zero attached hydrogens (tertiary/aromatic N) is 6. The van der Waals surface area contributed by atoms with E-state index in [9.17, 15) is 13.9 Å². The third-order valence-electron chi connectivity index (χ3n) is 5.96. The van der Waals surface area contributed by atoms with Crippen LogP contribution in [0, 0.1) is 5.82 Å². The quantitative estimate of drug-likeness (QED) is 0.620. The van der Waals surface area contributed by atoms with Gasteiger partial charge in [0.15, 0.2) is 17.5 Å². The first-order valence-electron chi connectivity index (χ1n) is 9.91. The lowest BCUT2D eigenvalue weighted by atomic mass is 9.87. The van der Waals surface area contributed by atoms with Crippen LogP contribution in [0.3, 0.4) is 0 Å². The summed E-state index contributed by atoms with van der Waals surface area (Å²) in [4.78, 5) is 6.08. The highest BCUT2D eigenvalue weighted by Gasteiger charge is 2.46. The minimum absolute atomic E-state index is 0.0888. The van der Waals surface area contributed by atoms with E-state index < -0.39 is 12.0 Å². The molecular weight excluding hydrogens is 404 g/mol. The van der Waals surface area contributed by atoms with Crippen LogP contribution in [0.4, 0.5) is 14.6 Å². The zero-order valence-electron chi connectivity index (χ0n) is 16.9. The third kappa shape index (κ3) is 3.42. The van der Waals surface area contributed by atoms with Gasteiger partial charge in [0.1, 0.15) is 11.9 Å². The Hall–Kier alpha value is -3.40. The lowest BCUT2D eigenvalue weighted by Crippen LogP contribution is -2.60. The van der Waals surface area contributed by atoms with E-state index in [1.54, 1.807) is 24.1 Å². The number of aromatic nitrogens is 5. The van der Waals surface area contributed by atoms with Crippen molar-refractivity contribution in [2.24, 2.45) is 0 Å². The summed E-state index contributed by atoms with van der Waals surface area (Å²) in [6, 6.07) is 4.04. The summed E-state index contributed by atoms with van der Waals surface area (Å²) in [6.45, 7) is 2.05. The fraction of sp³-hybridized carbons (Fsp3) is 0.333. The Morgan fingerprint density at radius 2 is 2.13 bits per heavy atom. The molecule has 2 N–H and O–H groups in total. The number of hydrogen-bond acceptors (Lipinski definition) is 7. The van der Waals surface area contributed by atoms with Crippen LogP contribution in [0.2, 0.25) is 0 Å². The molecule has 2 bridgehead atoms. The van der Waals surface area contributed by atoms with Crippen LogP contribution in [-0.4, -0.2) is 60.9 Å². The Morgan fingerprint density at radius 1 is 1.29 bits per heavy atom. The van der Waals surface area contributed by atoms with Crippen LogP contribution in [-0.2, 0) is 0 Å². The molecule has 8 nitrogen and oxygen atoms in total. The second kappa shape index (κ2) is 7.09. The maximum Gasteiger partial charge on any atom is 0.185 e. The molecule has 3 aromatic rings. The fourth-order valence-corrected chi connectivity index (χ4v) is 4.26. The largest absolute Gasteiger partial charge is 0.507 e. The average Bonchev–Trinajstić information content (AvgIpc) is 3.34. The summed E-state index contributed by atoms with van der Waals surface area (Å²) < 4.78 is 29.4. The van der Waals surface area contributed by atoms with E-state index in [0.717, 1.165) is 6.20 Å². The van der Waals surface area contributed by atoms with Gasteiger partial charge in [0.05, 0.1) is 41.9 Å². The highest BCUT2D eigenvalue weighted by atomic mass is 19.1. The number of nitrogens with one attached hydrogen (secondary N) is 1. The maximum absolute atomic E-state index is 14.9. The third-order valence-corrected chi connectivity index (χ3v) is 5.96. The molecule has 0 amide bonds. The molecule has 0 aliphatic carbocycles. The zero-order chi connectivity index (χ0) is 21.8. The molecule has 1 fully saturated rings. The molecule has 0 saturated carbocycles. The summed E-state index contributed by atoms with van der Waals surface area (Å²) >= 11 is 0. The number of benzene rings is 1. The molecule has 1 unspecified atom stereocenters. The molecule has 31 heavy (non-hydrogen) atoms. The van der Waals surface area contributed by atoms with E-state index in [1.165, 1.54) is 23.1 Å². The molecule has 4 atom stereocenters. The van der Waals surface area contributed by atoms with E-state index >= 15 is 0 Å². The topological polar surface area (TPSA) is 92.0 Å². The molecule has 5 rings (SSSR count). The highest BCUT2D eigenvalue weighted by molar-refractivity contribution is 5.66. The molecule has 2 aliphatic rings. The first-order valence-corrected chi connectivity index (χ1v) is 9.91. The summed E-state index contributed by atoms with van der Waals surface area (Å²) in [7, 11) is 1.78. The number of phenolic OH excluding ortho intramolecular Hbond substituents is 1. The molecule has 4 heterocycles. The van der Waals surface area contributed by atoms with Crippen LogP contribution in [0.1, 0.15) is 13.3 Å². The van der Waals surface area contributed by atoms with Crippen molar-refractivity contribution < 1.29 is 13.9 Å². The normalized spacial score (nSPS) is 26.9. The van der Waals surface area contributed by atoms with Gasteiger partial charge in [-0.2, -0.15) is 5.10 Å². The summed E-state index contributed by atoms with van der Waals surface area (Å²) in [6.07, 6.45) is 7.23. The Labute approximate surface area is 177 Å². The van der Waals surface area contributed by atoms with Crippen molar-refractivity contribution in [2.75, 3.05) is 11.9 Å². The van der Waals surface area contributed by atoms with Crippen molar-refractivity contribution in [2.45, 2.75) is 37.1 Å². The minimum Gasteiger partial charge on any atom is -0.507 e. The summed E-state index contributed by atoms with van der Waals surface area (Å²) in [5, 5.41) is 25.9. The number of piperidine rings is 1. The SMILES string of the molecule is CN(c1cnc(-c2ccc(-n3cc(F)cn3)cc2O)nn1)[C@H]1C[C@]2(C)C=CC(N2)[C@H]1F. The van der Waals surface area contributed by atoms with Crippen LogP contribution in [0.25, 0.3) is 17.1 Å². The van der Waals surface area contributed by atoms with Gasteiger partial charge in [-0.3, -0.25) is 5.32 Å². The number of rotatable bonds is 4. The summed E-state index contributed by atoms with van der Waals surface area (Å²) in [5.41, 5.74) is 0.627. The molecule has 1 aromatic carbocycles. The smallest absolute Gasteiger partial charge is 0.185 e. The van der Waals surface area contributed by atoms with Gasteiger partial charge in [-0.05, 0) is 25.5 Å². The molecule has 0 radical (unpaired) electrons. The Bertz CT molecular complexity index is 1150. The van der Waals surface area contributed by atoms with Gasteiger partial charge in [-0.1, -0.05) is 12.2 Å². The number of halogens is 2. The predicted molar refractivity (Wildman–Crippen MR) is 110 cm³/mol. The van der Waals surface area contributed by atoms with E-state index in [4.69, 9.17) is 0 Å². The molecule has 2 aliphatic heterocycles. The fourth-order valence-electron chi connectivity index (χ4n) is 4.26. The lowest BCUT2D eigenvalue weighted by Gasteiger charge is -2.43. The second-order valence-corrected chi connectivity index (χ2v) is 8.22. The Kier molecular flexibility index (Phi) is 4.47. The summed E-state index contributed by atoms with van der Waals surface area (Å²) in [5.74, 6) is 0.111. The van der Waals surface area contributed by atoms with Crippen molar-refractivity contribution in [1.82, 2.24) is 30.3 Å². The molecule has 10 heteroatoms. The van der Waals surface area contributed by atoms with Gasteiger partial charge < -0.3 is 10.0 Å². The van der Waals surface area contributed by atoms with Gasteiger partial charge in [-0.25, -0.2) is 18.4 Å². The molecule has 160 valence electrons. The second-order valence-electron chi connectivity index (χ2n) is 8.22. The number of fused-ring (bicyclic) bond motifs is 2. The number of anilines is 1. The van der Waals surface area contributed by atoms with Gasteiger partial charge in [0, 0.05) is 18.7 Å². The average molecular weight is 425 g/mol. The van der Waals surface area contributed by atoms with Crippen molar-refractivity contribution in [1.29, 1.82) is 0 Å². The molecule has 1 saturated heterocycles. The van der Waals surface area contributed by atoms with Crippen molar-refractivity contribution in [3.63, 3.8) is 0 Å². The van der Waals surface area contributed by atoms with Gasteiger partial charge in [-0.15, -0.1) is 10.2 Å². The van der Waals surface area contributed by atoms with Gasteiger partial charge >= 0.3 is 0 Å². The minimum atomic E-state index is -1.08. The number of hydrogen-bond donors (Lipinski definition) is 2. The zero-order valence-corrected chi connectivity index (χ0v) is 16.9. The van der Waals surface area contributed by atoms with Crippen molar-refractivity contribution in [3.05, 3.63) is 54.8 Å². The number of alkyl halides is 1. The van der Waals surface area contributed by atoms with Crippen molar-refractivity contribution in [3.8, 4) is 22.8 Å². The van der Waals surface area contributed by atoms with Crippen molar-refractivity contribution >= 4 is 5.82 Å². The van der Waals surface area contributed by atoms with Crippen LogP contribution in [0.15, 0.2) is 48.9 Å². The van der Waals surface area contributed by atoms with Crippen LogP contribution >= 0.6 is 0 Å². The first-order chi connectivity index (χ1) is 14.8. The van der Waals surface area contributed by atoms with E-state index in [0.29, 0.717) is 23.5 Å². The Balaban J connectivity index is 1.36. The standard InChI is InChI=1S/C21H21F2N7O/c1-21-6-5-15(26-21)19(23)16(8-21)29(2)18-10-24-20(28-27-18)14-4-3-13(7-17(14)31)30-11-12(22)9-25-30/h3-7,9-11,15-16,19,26,31H,8H2,1-2H3/t15?,16-,19+,21-/m0/s1. The highest BCUT2D eigenvalue weighted by Crippen LogP contribution is 2.35. The van der Waals surface area contributed by atoms with Crippen LogP contribution < -0.4 is 10.2 Å². The maximum atomic E-state index is 14.9. The molecular formula is C21H21F2N7O.